The fourth-order valence-corrected chi connectivity index (χ4v) is 0.756. The lowest BCUT2D eigenvalue weighted by atomic mass is 10.2. The van der Waals surface area contributed by atoms with E-state index in [1.165, 1.54) is 0 Å². The molecule has 0 amide bonds. The molecule has 11 heavy (non-hydrogen) atoms. The van der Waals surface area contributed by atoms with Gasteiger partial charge in [-0.3, -0.25) is 4.79 Å². The highest BCUT2D eigenvalue weighted by Crippen LogP contribution is 2.00. The standard InChI is InChI=1S/C8H11NO2/c1-2-6-11-8-7(10)4-3-5-9-8/h3,5H,2,4,6H2,1H3. The summed E-state index contributed by atoms with van der Waals surface area (Å²) >= 11 is 0. The average molecular weight is 153 g/mol. The molecule has 0 spiro atoms. The first-order valence-electron chi connectivity index (χ1n) is 3.73. The summed E-state index contributed by atoms with van der Waals surface area (Å²) in [6, 6.07) is 0. The van der Waals surface area contributed by atoms with Crippen LogP contribution < -0.4 is 0 Å². The van der Waals surface area contributed by atoms with Gasteiger partial charge in [0.25, 0.3) is 5.90 Å². The molecule has 1 aliphatic rings. The van der Waals surface area contributed by atoms with Crippen molar-refractivity contribution in [2.24, 2.45) is 4.99 Å². The van der Waals surface area contributed by atoms with E-state index in [4.69, 9.17) is 4.74 Å². The number of carbonyl (C=O) groups excluding carboxylic acids is 1. The highest BCUT2D eigenvalue weighted by molar-refractivity contribution is 6.37. The molecule has 60 valence electrons. The average Bonchev–Trinajstić information content (AvgIpc) is 2.03. The molecule has 0 radical (unpaired) electrons. The van der Waals surface area contributed by atoms with Crippen LogP contribution in [0.2, 0.25) is 0 Å². The summed E-state index contributed by atoms with van der Waals surface area (Å²) in [5, 5.41) is 0. The van der Waals surface area contributed by atoms with Crippen LogP contribution in [0.1, 0.15) is 19.8 Å². The van der Waals surface area contributed by atoms with Crippen molar-refractivity contribution in [3.05, 3.63) is 12.3 Å². The fourth-order valence-electron chi connectivity index (χ4n) is 0.756. The third kappa shape index (κ3) is 2.18. The van der Waals surface area contributed by atoms with E-state index < -0.39 is 0 Å². The summed E-state index contributed by atoms with van der Waals surface area (Å²) in [6.45, 7) is 2.56. The lowest BCUT2D eigenvalue weighted by Crippen LogP contribution is -2.18. The highest BCUT2D eigenvalue weighted by atomic mass is 16.5. The monoisotopic (exact) mass is 153 g/mol. The van der Waals surface area contributed by atoms with E-state index in [0.29, 0.717) is 13.0 Å². The van der Waals surface area contributed by atoms with Crippen LogP contribution in [0, 0.1) is 0 Å². The molecule has 0 unspecified atom stereocenters. The summed E-state index contributed by atoms with van der Waals surface area (Å²) < 4.78 is 5.09. The van der Waals surface area contributed by atoms with Crippen molar-refractivity contribution in [2.75, 3.05) is 6.61 Å². The van der Waals surface area contributed by atoms with Gasteiger partial charge in [-0.2, -0.15) is 0 Å². The fraction of sp³-hybridized carbons (Fsp3) is 0.500. The Morgan fingerprint density at radius 1 is 1.73 bits per heavy atom. The minimum atomic E-state index is -0.0269. The van der Waals surface area contributed by atoms with Crippen LogP contribution in [0.25, 0.3) is 0 Å². The summed E-state index contributed by atoms with van der Waals surface area (Å²) in [4.78, 5) is 14.8. The normalized spacial score (nSPS) is 16.5. The molecule has 0 N–H and O–H groups in total. The van der Waals surface area contributed by atoms with Gasteiger partial charge in [0.05, 0.1) is 6.61 Å². The zero-order valence-corrected chi connectivity index (χ0v) is 6.54. The van der Waals surface area contributed by atoms with Crippen LogP contribution in [0.5, 0.6) is 0 Å². The molecule has 1 rings (SSSR count). The quantitative estimate of drug-likeness (QED) is 0.599. The Labute approximate surface area is 65.8 Å². The number of hydrogen-bond donors (Lipinski definition) is 0. The first kappa shape index (κ1) is 7.98. The molecular weight excluding hydrogens is 142 g/mol. The number of Topliss-reactive ketones (excluding diaryl/α,β-unsaturated/α-hetero) is 1. The SMILES string of the molecule is CCCOC1=NC=CCC1=O. The van der Waals surface area contributed by atoms with Crippen LogP contribution in [-0.4, -0.2) is 18.3 Å². The Balaban J connectivity index is 2.47. The maximum absolute atomic E-state index is 11.0. The Hall–Kier alpha value is -1.12. The van der Waals surface area contributed by atoms with Crippen molar-refractivity contribution in [1.29, 1.82) is 0 Å². The Morgan fingerprint density at radius 2 is 2.55 bits per heavy atom. The molecule has 0 aromatic rings. The summed E-state index contributed by atoms with van der Waals surface area (Å²) in [5.41, 5.74) is 0. The Kier molecular flexibility index (Phi) is 2.83. The van der Waals surface area contributed by atoms with Crippen molar-refractivity contribution < 1.29 is 9.53 Å². The van der Waals surface area contributed by atoms with E-state index in [2.05, 4.69) is 4.99 Å². The second kappa shape index (κ2) is 3.91. The molecule has 0 bridgehead atoms. The molecule has 3 nitrogen and oxygen atoms in total. The van der Waals surface area contributed by atoms with E-state index in [0.717, 1.165) is 6.42 Å². The minimum Gasteiger partial charge on any atom is -0.475 e. The lowest BCUT2D eigenvalue weighted by molar-refractivity contribution is -0.113. The third-order valence-corrected chi connectivity index (χ3v) is 1.28. The van der Waals surface area contributed by atoms with Crippen molar-refractivity contribution in [2.45, 2.75) is 19.8 Å². The number of aliphatic imine (C=N–C) groups is 1. The number of rotatable bonds is 2. The molecular formula is C8H11NO2. The Morgan fingerprint density at radius 3 is 3.18 bits per heavy atom. The molecule has 3 heteroatoms. The van der Waals surface area contributed by atoms with Crippen LogP contribution >= 0.6 is 0 Å². The number of hydrogen-bond acceptors (Lipinski definition) is 3. The van der Waals surface area contributed by atoms with E-state index in [1.807, 2.05) is 6.92 Å². The third-order valence-electron chi connectivity index (χ3n) is 1.28. The first-order chi connectivity index (χ1) is 5.34. The minimum absolute atomic E-state index is 0.0269. The van der Waals surface area contributed by atoms with Crippen LogP contribution in [0.4, 0.5) is 0 Å². The second-order valence-electron chi connectivity index (χ2n) is 2.29. The van der Waals surface area contributed by atoms with Crippen molar-refractivity contribution in [3.63, 3.8) is 0 Å². The maximum atomic E-state index is 11.0. The predicted molar refractivity (Wildman–Crippen MR) is 42.4 cm³/mol. The molecule has 0 atom stereocenters. The zero-order chi connectivity index (χ0) is 8.10. The van der Waals surface area contributed by atoms with Gasteiger partial charge in [0.1, 0.15) is 0 Å². The lowest BCUT2D eigenvalue weighted by Gasteiger charge is -2.06. The van der Waals surface area contributed by atoms with Crippen LogP contribution in [0.3, 0.4) is 0 Å². The van der Waals surface area contributed by atoms with E-state index >= 15 is 0 Å². The molecule has 0 saturated carbocycles. The summed E-state index contributed by atoms with van der Waals surface area (Å²) in [7, 11) is 0. The van der Waals surface area contributed by atoms with Gasteiger partial charge in [0.15, 0.2) is 0 Å². The van der Waals surface area contributed by atoms with Crippen molar-refractivity contribution in [1.82, 2.24) is 0 Å². The van der Waals surface area contributed by atoms with Crippen molar-refractivity contribution >= 4 is 11.7 Å². The van der Waals surface area contributed by atoms with Gasteiger partial charge >= 0.3 is 0 Å². The van der Waals surface area contributed by atoms with Gasteiger partial charge in [-0.25, -0.2) is 4.99 Å². The van der Waals surface area contributed by atoms with Gasteiger partial charge in [-0.05, 0) is 6.42 Å². The topological polar surface area (TPSA) is 38.7 Å². The zero-order valence-electron chi connectivity index (χ0n) is 6.54. The Bertz CT molecular complexity index is 206. The molecule has 1 aliphatic heterocycles. The van der Waals surface area contributed by atoms with E-state index in [-0.39, 0.29) is 11.7 Å². The highest BCUT2D eigenvalue weighted by Gasteiger charge is 2.12. The largest absolute Gasteiger partial charge is 0.475 e. The first-order valence-corrected chi connectivity index (χ1v) is 3.73. The number of allylic oxidation sites excluding steroid dienone is 1. The van der Waals surface area contributed by atoms with Gasteiger partial charge in [0, 0.05) is 12.6 Å². The van der Waals surface area contributed by atoms with Gasteiger partial charge in [0.2, 0.25) is 5.78 Å². The smallest absolute Gasteiger partial charge is 0.258 e. The maximum Gasteiger partial charge on any atom is 0.258 e. The molecule has 0 aliphatic carbocycles. The number of nitrogens with zero attached hydrogens (tertiary/aromatic N) is 1. The number of ether oxygens (including phenoxy) is 1. The number of carbonyl (C=O) groups is 1. The van der Waals surface area contributed by atoms with E-state index in [1.54, 1.807) is 12.3 Å². The number of ketones is 1. The predicted octanol–water partition coefficient (Wildman–Crippen LogP) is 1.30. The van der Waals surface area contributed by atoms with Gasteiger partial charge in [-0.1, -0.05) is 13.0 Å². The molecule has 0 aromatic heterocycles. The molecule has 0 fully saturated rings. The van der Waals surface area contributed by atoms with Crippen molar-refractivity contribution in [3.8, 4) is 0 Å². The van der Waals surface area contributed by atoms with E-state index in [9.17, 15) is 4.79 Å². The molecule has 0 saturated heterocycles. The van der Waals surface area contributed by atoms with Crippen LogP contribution in [0.15, 0.2) is 17.3 Å². The summed E-state index contributed by atoms with van der Waals surface area (Å²) in [6.07, 6.45) is 4.64. The van der Waals surface area contributed by atoms with Gasteiger partial charge < -0.3 is 4.74 Å². The molecule has 1 heterocycles. The van der Waals surface area contributed by atoms with Crippen LogP contribution in [-0.2, 0) is 9.53 Å². The van der Waals surface area contributed by atoms with Gasteiger partial charge in [-0.15, -0.1) is 0 Å². The molecule has 0 aromatic carbocycles. The summed E-state index contributed by atoms with van der Waals surface area (Å²) in [5.74, 6) is 0.232. The second-order valence-corrected chi connectivity index (χ2v) is 2.29.